The Morgan fingerprint density at radius 2 is 1.89 bits per heavy atom. The molecule has 0 aliphatic rings. The molecule has 0 radical (unpaired) electrons. The average Bonchev–Trinajstić information content (AvgIpc) is 2.68. The maximum Gasteiger partial charge on any atom is 0.280 e. The van der Waals surface area contributed by atoms with Crippen molar-refractivity contribution in [1.29, 1.82) is 0 Å². The molecule has 0 aliphatic carbocycles. The molecule has 0 heterocycles. The highest BCUT2D eigenvalue weighted by molar-refractivity contribution is 9.10. The molecule has 0 bridgehead atoms. The summed E-state index contributed by atoms with van der Waals surface area (Å²) in [5.74, 6) is 0.984. The predicted molar refractivity (Wildman–Crippen MR) is 110 cm³/mol. The number of hydrogen-bond donors (Lipinski definition) is 1. The Morgan fingerprint density at radius 3 is 2.70 bits per heavy atom. The van der Waals surface area contributed by atoms with E-state index in [1.54, 1.807) is 14.0 Å². The first-order valence-corrected chi connectivity index (χ1v) is 9.18. The molecule has 0 saturated heterocycles. The van der Waals surface area contributed by atoms with Crippen LogP contribution in [0.25, 0.3) is 10.8 Å². The molecule has 3 aromatic carbocycles. The third-order valence-electron chi connectivity index (χ3n) is 3.99. The number of hydrazone groups is 1. The van der Waals surface area contributed by atoms with E-state index in [0.29, 0.717) is 11.5 Å². The summed E-state index contributed by atoms with van der Waals surface area (Å²) in [6.45, 7) is 1.69. The molecule has 1 amide bonds. The Kier molecular flexibility index (Phi) is 6.08. The molecule has 5 nitrogen and oxygen atoms in total. The molecular weight excluding hydrogens is 408 g/mol. The van der Waals surface area contributed by atoms with E-state index in [0.717, 1.165) is 20.8 Å². The second-order valence-corrected chi connectivity index (χ2v) is 6.77. The van der Waals surface area contributed by atoms with Gasteiger partial charge in [0.1, 0.15) is 11.5 Å². The molecule has 1 atom stereocenters. The van der Waals surface area contributed by atoms with Crippen molar-refractivity contribution >= 4 is 38.8 Å². The summed E-state index contributed by atoms with van der Waals surface area (Å²) >= 11 is 3.40. The smallest absolute Gasteiger partial charge is 0.280 e. The van der Waals surface area contributed by atoms with Crippen LogP contribution >= 0.6 is 15.9 Å². The molecule has 1 unspecified atom stereocenters. The summed E-state index contributed by atoms with van der Waals surface area (Å²) in [6.07, 6.45) is 0.837. The van der Waals surface area contributed by atoms with Crippen LogP contribution in [0.5, 0.6) is 11.5 Å². The second-order valence-electron chi connectivity index (χ2n) is 5.86. The summed E-state index contributed by atoms with van der Waals surface area (Å²) in [7, 11) is 1.58. The number of nitrogens with zero attached hydrogens (tertiary/aromatic N) is 1. The highest BCUT2D eigenvalue weighted by Gasteiger charge is 2.15. The molecule has 1 N–H and O–H groups in total. The Bertz CT molecular complexity index is 983. The molecule has 3 aromatic rings. The quantitative estimate of drug-likeness (QED) is 0.465. The fourth-order valence-corrected chi connectivity index (χ4v) is 2.98. The molecule has 6 heteroatoms. The lowest BCUT2D eigenvalue weighted by Gasteiger charge is -2.14. The molecule has 0 aliphatic heterocycles. The Labute approximate surface area is 166 Å². The van der Waals surface area contributed by atoms with Gasteiger partial charge in [0.25, 0.3) is 5.91 Å². The third-order valence-corrected chi connectivity index (χ3v) is 4.49. The molecule has 0 saturated carbocycles. The Balaban J connectivity index is 1.67. The predicted octanol–water partition coefficient (Wildman–Crippen LogP) is 4.53. The van der Waals surface area contributed by atoms with Crippen LogP contribution in [0.3, 0.4) is 0 Å². The van der Waals surface area contributed by atoms with Gasteiger partial charge in [-0.25, -0.2) is 5.43 Å². The first kappa shape index (κ1) is 18.9. The fraction of sp³-hybridized carbons (Fsp3) is 0.143. The van der Waals surface area contributed by atoms with Gasteiger partial charge in [0.15, 0.2) is 6.10 Å². The van der Waals surface area contributed by atoms with Crippen LogP contribution in [0.1, 0.15) is 12.5 Å². The van der Waals surface area contributed by atoms with Crippen LogP contribution in [0.4, 0.5) is 0 Å². The number of benzene rings is 3. The molecule has 138 valence electrons. The van der Waals surface area contributed by atoms with Gasteiger partial charge in [-0.3, -0.25) is 4.79 Å². The van der Waals surface area contributed by atoms with E-state index in [4.69, 9.17) is 9.47 Å². The summed E-state index contributed by atoms with van der Waals surface area (Å²) in [4.78, 5) is 12.3. The van der Waals surface area contributed by atoms with Crippen molar-refractivity contribution in [2.45, 2.75) is 13.0 Å². The number of ether oxygens (including phenoxy) is 2. The van der Waals surface area contributed by atoms with E-state index in [2.05, 4.69) is 26.5 Å². The van der Waals surface area contributed by atoms with Crippen molar-refractivity contribution in [2.75, 3.05) is 7.11 Å². The number of fused-ring (bicyclic) bond motifs is 1. The van der Waals surface area contributed by atoms with Gasteiger partial charge in [0.2, 0.25) is 0 Å². The summed E-state index contributed by atoms with van der Waals surface area (Å²) < 4.78 is 12.0. The van der Waals surface area contributed by atoms with Gasteiger partial charge < -0.3 is 9.47 Å². The normalized spacial score (nSPS) is 12.1. The van der Waals surface area contributed by atoms with E-state index in [1.807, 2.05) is 60.7 Å². The van der Waals surface area contributed by atoms with Gasteiger partial charge in [-0.1, -0.05) is 52.3 Å². The van der Waals surface area contributed by atoms with E-state index in [1.165, 1.54) is 6.21 Å². The highest BCUT2D eigenvalue weighted by atomic mass is 79.9. The minimum absolute atomic E-state index is 0.340. The van der Waals surface area contributed by atoms with Gasteiger partial charge in [-0.2, -0.15) is 5.10 Å². The maximum absolute atomic E-state index is 12.3. The average molecular weight is 427 g/mol. The van der Waals surface area contributed by atoms with Crippen molar-refractivity contribution in [2.24, 2.45) is 5.10 Å². The van der Waals surface area contributed by atoms with E-state index in [9.17, 15) is 4.79 Å². The molecular formula is C21H19BrN2O3. The minimum atomic E-state index is -0.697. The monoisotopic (exact) mass is 426 g/mol. The van der Waals surface area contributed by atoms with Crippen molar-refractivity contribution < 1.29 is 14.3 Å². The van der Waals surface area contributed by atoms with Gasteiger partial charge >= 0.3 is 0 Å². The summed E-state index contributed by atoms with van der Waals surface area (Å²) in [6, 6.07) is 19.2. The van der Waals surface area contributed by atoms with E-state index in [-0.39, 0.29) is 5.91 Å². The largest absolute Gasteiger partial charge is 0.496 e. The van der Waals surface area contributed by atoms with Crippen LogP contribution < -0.4 is 14.9 Å². The first-order chi connectivity index (χ1) is 13.1. The number of rotatable bonds is 6. The van der Waals surface area contributed by atoms with Crippen molar-refractivity contribution in [3.63, 3.8) is 0 Å². The number of carbonyl (C=O) groups is 1. The lowest BCUT2D eigenvalue weighted by molar-refractivity contribution is -0.127. The van der Waals surface area contributed by atoms with Crippen LogP contribution in [0, 0.1) is 0 Å². The summed E-state index contributed by atoms with van der Waals surface area (Å²) in [5.41, 5.74) is 3.25. The van der Waals surface area contributed by atoms with Crippen molar-refractivity contribution in [3.05, 3.63) is 70.7 Å². The highest BCUT2D eigenvalue weighted by Crippen LogP contribution is 2.26. The van der Waals surface area contributed by atoms with Gasteiger partial charge in [0.05, 0.1) is 13.3 Å². The third kappa shape index (κ3) is 4.65. The Morgan fingerprint density at radius 1 is 1.11 bits per heavy atom. The lowest BCUT2D eigenvalue weighted by atomic mass is 10.1. The zero-order valence-electron chi connectivity index (χ0n) is 15.0. The van der Waals surface area contributed by atoms with Crippen LogP contribution in [-0.2, 0) is 4.79 Å². The van der Waals surface area contributed by atoms with Crippen molar-refractivity contribution in [1.82, 2.24) is 5.43 Å². The van der Waals surface area contributed by atoms with Gasteiger partial charge in [0, 0.05) is 15.4 Å². The topological polar surface area (TPSA) is 59.9 Å². The van der Waals surface area contributed by atoms with E-state index < -0.39 is 6.10 Å². The number of halogens is 1. The Hall–Kier alpha value is -2.86. The number of carbonyl (C=O) groups excluding carboxylic acids is 1. The number of amides is 1. The SMILES string of the molecule is COc1ccc(Br)cc1C=NNC(=O)C(C)Oc1cccc2ccccc12. The molecule has 0 spiro atoms. The van der Waals surface area contributed by atoms with Crippen LogP contribution in [0.15, 0.2) is 70.2 Å². The standard InChI is InChI=1S/C21H19BrN2O3/c1-14(27-20-9-5-7-15-6-3-4-8-18(15)20)21(25)24-23-13-16-12-17(22)10-11-19(16)26-2/h3-14H,1-2H3,(H,24,25). The number of methoxy groups -OCH3 is 1. The van der Waals surface area contributed by atoms with E-state index >= 15 is 0 Å². The first-order valence-electron chi connectivity index (χ1n) is 8.39. The molecule has 3 rings (SSSR count). The molecule has 0 fully saturated rings. The number of nitrogens with one attached hydrogen (secondary N) is 1. The van der Waals surface area contributed by atoms with Crippen LogP contribution in [-0.4, -0.2) is 25.3 Å². The second kappa shape index (κ2) is 8.68. The summed E-state index contributed by atoms with van der Waals surface area (Å²) in [5, 5.41) is 6.03. The number of hydrogen-bond acceptors (Lipinski definition) is 4. The van der Waals surface area contributed by atoms with Gasteiger partial charge in [-0.05, 0) is 36.6 Å². The maximum atomic E-state index is 12.3. The molecule has 27 heavy (non-hydrogen) atoms. The fourth-order valence-electron chi connectivity index (χ4n) is 2.60. The zero-order chi connectivity index (χ0) is 19.2. The van der Waals surface area contributed by atoms with Gasteiger partial charge in [-0.15, -0.1) is 0 Å². The molecule has 0 aromatic heterocycles. The minimum Gasteiger partial charge on any atom is -0.496 e. The van der Waals surface area contributed by atoms with Crippen LogP contribution in [0.2, 0.25) is 0 Å². The van der Waals surface area contributed by atoms with Crippen molar-refractivity contribution in [3.8, 4) is 11.5 Å². The lowest BCUT2D eigenvalue weighted by Crippen LogP contribution is -2.33. The zero-order valence-corrected chi connectivity index (χ0v) is 16.6.